The fourth-order valence-corrected chi connectivity index (χ4v) is 4.05. The van der Waals surface area contributed by atoms with E-state index in [1.54, 1.807) is 6.07 Å². The SMILES string of the molecule is Cc1ccc(Sc2cc(-n3c(N)c4c(cc3=O)C(=O)NC4=O)cc([N+](=O)[O-])c2)cc1. The smallest absolute Gasteiger partial charge is 0.272 e. The number of pyridine rings is 1. The molecule has 30 heavy (non-hydrogen) atoms. The molecular formula is C20H14N4O5S. The van der Waals surface area contributed by atoms with Crippen LogP contribution in [-0.4, -0.2) is 21.3 Å². The zero-order valence-electron chi connectivity index (χ0n) is 15.5. The Balaban J connectivity index is 1.88. The molecule has 2 heterocycles. The highest BCUT2D eigenvalue weighted by atomic mass is 32.2. The Hall–Kier alpha value is -3.92. The highest BCUT2D eigenvalue weighted by Crippen LogP contribution is 2.33. The minimum absolute atomic E-state index is 0.113. The van der Waals surface area contributed by atoms with E-state index in [4.69, 9.17) is 5.73 Å². The van der Waals surface area contributed by atoms with Crippen LogP contribution in [0.25, 0.3) is 5.69 Å². The minimum atomic E-state index is -0.721. The third-order valence-electron chi connectivity index (χ3n) is 4.56. The van der Waals surface area contributed by atoms with E-state index in [1.807, 2.05) is 31.2 Å². The molecule has 0 fully saturated rings. The Labute approximate surface area is 173 Å². The van der Waals surface area contributed by atoms with Gasteiger partial charge < -0.3 is 5.73 Å². The van der Waals surface area contributed by atoms with Gasteiger partial charge in [0.15, 0.2) is 0 Å². The summed E-state index contributed by atoms with van der Waals surface area (Å²) in [5, 5.41) is 13.5. The molecule has 3 aromatic rings. The number of hydrogen-bond acceptors (Lipinski definition) is 7. The van der Waals surface area contributed by atoms with Crippen molar-refractivity contribution in [3.8, 4) is 5.69 Å². The Kier molecular flexibility index (Phi) is 4.63. The van der Waals surface area contributed by atoms with E-state index >= 15 is 0 Å². The minimum Gasteiger partial charge on any atom is -0.384 e. The highest BCUT2D eigenvalue weighted by Gasteiger charge is 2.32. The summed E-state index contributed by atoms with van der Waals surface area (Å²) in [5.74, 6) is -1.69. The van der Waals surface area contributed by atoms with Crippen molar-refractivity contribution in [1.29, 1.82) is 0 Å². The van der Waals surface area contributed by atoms with Crippen LogP contribution in [0.15, 0.2) is 63.1 Å². The van der Waals surface area contributed by atoms with Crippen molar-refractivity contribution in [3.63, 3.8) is 0 Å². The molecule has 2 amide bonds. The van der Waals surface area contributed by atoms with Gasteiger partial charge >= 0.3 is 0 Å². The number of imide groups is 1. The number of benzene rings is 2. The summed E-state index contributed by atoms with van der Waals surface area (Å²) in [6.07, 6.45) is 0. The Bertz CT molecular complexity index is 1300. The molecule has 0 unspecified atom stereocenters. The Morgan fingerprint density at radius 3 is 2.37 bits per heavy atom. The monoisotopic (exact) mass is 422 g/mol. The first-order valence-corrected chi connectivity index (χ1v) is 9.52. The van der Waals surface area contributed by atoms with Crippen molar-refractivity contribution in [1.82, 2.24) is 9.88 Å². The summed E-state index contributed by atoms with van der Waals surface area (Å²) in [5.41, 5.74) is 6.08. The summed E-state index contributed by atoms with van der Waals surface area (Å²) in [6.45, 7) is 1.95. The van der Waals surface area contributed by atoms with Crippen LogP contribution >= 0.6 is 11.8 Å². The Morgan fingerprint density at radius 2 is 1.70 bits per heavy atom. The molecule has 0 atom stereocenters. The maximum absolute atomic E-state index is 12.7. The summed E-state index contributed by atoms with van der Waals surface area (Å²) in [7, 11) is 0. The van der Waals surface area contributed by atoms with E-state index in [0.29, 0.717) is 4.90 Å². The standard InChI is InChI=1S/C20H14N4O5S/c1-10-2-4-13(5-3-10)30-14-7-11(6-12(8-14)24(28)29)23-16(25)9-15-17(18(23)21)20(27)22-19(15)26/h2-9H,21H2,1H3,(H,22,26,27). The molecule has 0 bridgehead atoms. The quantitative estimate of drug-likeness (QED) is 0.374. The zero-order valence-corrected chi connectivity index (χ0v) is 16.4. The van der Waals surface area contributed by atoms with Crippen molar-refractivity contribution in [2.45, 2.75) is 16.7 Å². The van der Waals surface area contributed by atoms with Gasteiger partial charge in [0.1, 0.15) is 5.82 Å². The lowest BCUT2D eigenvalue weighted by molar-refractivity contribution is -0.385. The van der Waals surface area contributed by atoms with Gasteiger partial charge in [-0.3, -0.25) is 34.4 Å². The third kappa shape index (κ3) is 3.33. The lowest BCUT2D eigenvalue weighted by atomic mass is 10.1. The number of non-ortho nitro benzene ring substituents is 1. The number of anilines is 1. The van der Waals surface area contributed by atoms with E-state index in [9.17, 15) is 24.5 Å². The first-order chi connectivity index (χ1) is 14.2. The molecule has 0 saturated carbocycles. The maximum atomic E-state index is 12.7. The molecule has 2 aromatic carbocycles. The van der Waals surface area contributed by atoms with Crippen molar-refractivity contribution < 1.29 is 14.5 Å². The van der Waals surface area contributed by atoms with Gasteiger partial charge in [-0.1, -0.05) is 29.5 Å². The molecule has 0 aliphatic carbocycles. The Morgan fingerprint density at radius 1 is 1.00 bits per heavy atom. The second-order valence-corrected chi connectivity index (χ2v) is 7.78. The first kappa shape index (κ1) is 19.4. The number of aryl methyl sites for hydroxylation is 1. The van der Waals surface area contributed by atoms with Crippen LogP contribution < -0.4 is 16.6 Å². The number of aromatic nitrogens is 1. The third-order valence-corrected chi connectivity index (χ3v) is 5.53. The molecule has 1 aliphatic rings. The second-order valence-electron chi connectivity index (χ2n) is 6.63. The summed E-state index contributed by atoms with van der Waals surface area (Å²) < 4.78 is 0.989. The summed E-state index contributed by atoms with van der Waals surface area (Å²) in [4.78, 5) is 48.8. The number of nitrogens with one attached hydrogen (secondary N) is 1. The van der Waals surface area contributed by atoms with Crippen molar-refractivity contribution >= 4 is 35.1 Å². The predicted octanol–water partition coefficient (Wildman–Crippen LogP) is 2.67. The van der Waals surface area contributed by atoms with Crippen LogP contribution in [0, 0.1) is 17.0 Å². The number of rotatable bonds is 4. The normalized spacial score (nSPS) is 12.6. The van der Waals surface area contributed by atoms with Gasteiger partial charge in [0.05, 0.1) is 21.7 Å². The number of nitrogens with two attached hydrogens (primary N) is 1. The number of carbonyl (C=O) groups is 2. The molecule has 1 aliphatic heterocycles. The predicted molar refractivity (Wildman–Crippen MR) is 110 cm³/mol. The van der Waals surface area contributed by atoms with Crippen molar-refractivity contribution in [2.75, 3.05) is 5.73 Å². The van der Waals surface area contributed by atoms with Crippen LogP contribution in [0.5, 0.6) is 0 Å². The van der Waals surface area contributed by atoms with Crippen LogP contribution in [0.3, 0.4) is 0 Å². The van der Waals surface area contributed by atoms with E-state index in [1.165, 1.54) is 23.9 Å². The number of nitrogen functional groups attached to an aromatic ring is 1. The maximum Gasteiger partial charge on any atom is 0.272 e. The second kappa shape index (κ2) is 7.16. The molecule has 0 spiro atoms. The molecule has 4 rings (SSSR count). The van der Waals surface area contributed by atoms with Crippen molar-refractivity contribution in [2.24, 2.45) is 0 Å². The van der Waals surface area contributed by atoms with E-state index in [-0.39, 0.29) is 28.3 Å². The van der Waals surface area contributed by atoms with Gasteiger partial charge in [-0.15, -0.1) is 0 Å². The zero-order chi connectivity index (χ0) is 21.6. The molecule has 1 aromatic heterocycles. The highest BCUT2D eigenvalue weighted by molar-refractivity contribution is 7.99. The lowest BCUT2D eigenvalue weighted by Gasteiger charge is -2.13. The van der Waals surface area contributed by atoms with Crippen LogP contribution in [-0.2, 0) is 0 Å². The summed E-state index contributed by atoms with van der Waals surface area (Å²) >= 11 is 1.28. The molecule has 150 valence electrons. The molecule has 0 saturated heterocycles. The van der Waals surface area contributed by atoms with Crippen molar-refractivity contribution in [3.05, 3.63) is 85.7 Å². The number of fused-ring (bicyclic) bond motifs is 1. The van der Waals surface area contributed by atoms with Crippen LogP contribution in [0.1, 0.15) is 26.3 Å². The largest absolute Gasteiger partial charge is 0.384 e. The molecular weight excluding hydrogens is 408 g/mol. The number of hydrogen-bond donors (Lipinski definition) is 2. The van der Waals surface area contributed by atoms with Gasteiger partial charge in [0.2, 0.25) is 0 Å². The molecule has 0 radical (unpaired) electrons. The number of nitro benzene ring substituents is 1. The van der Waals surface area contributed by atoms with E-state index in [0.717, 1.165) is 21.1 Å². The van der Waals surface area contributed by atoms with Gasteiger partial charge in [0.25, 0.3) is 23.1 Å². The van der Waals surface area contributed by atoms with Gasteiger partial charge in [-0.2, -0.15) is 0 Å². The number of nitro groups is 1. The molecule has 3 N–H and O–H groups in total. The van der Waals surface area contributed by atoms with Gasteiger partial charge in [-0.25, -0.2) is 0 Å². The topological polar surface area (TPSA) is 137 Å². The number of amides is 2. The first-order valence-electron chi connectivity index (χ1n) is 8.70. The molecule has 10 heteroatoms. The fourth-order valence-electron chi connectivity index (χ4n) is 3.15. The van der Waals surface area contributed by atoms with Crippen LogP contribution in [0.2, 0.25) is 0 Å². The lowest BCUT2D eigenvalue weighted by Crippen LogP contribution is -2.24. The number of carbonyl (C=O) groups excluding carboxylic acids is 2. The average molecular weight is 422 g/mol. The molecule has 9 nitrogen and oxygen atoms in total. The average Bonchev–Trinajstić information content (AvgIpc) is 2.97. The summed E-state index contributed by atoms with van der Waals surface area (Å²) in [6, 6.07) is 12.7. The van der Waals surface area contributed by atoms with E-state index < -0.39 is 22.3 Å². The van der Waals surface area contributed by atoms with E-state index in [2.05, 4.69) is 5.32 Å². The fraction of sp³-hybridized carbons (Fsp3) is 0.0500. The number of nitrogens with zero attached hydrogens (tertiary/aromatic N) is 2. The van der Waals surface area contributed by atoms with Crippen LogP contribution in [0.4, 0.5) is 11.5 Å². The van der Waals surface area contributed by atoms with Gasteiger partial charge in [0, 0.05) is 28.0 Å². The van der Waals surface area contributed by atoms with Gasteiger partial charge in [-0.05, 0) is 25.1 Å².